The number of nitrogens with zero attached hydrogens (tertiary/aromatic N) is 5. The Bertz CT molecular complexity index is 669. The van der Waals surface area contributed by atoms with Crippen LogP contribution < -0.4 is 0 Å². The highest BCUT2D eigenvalue weighted by Crippen LogP contribution is 2.18. The van der Waals surface area contributed by atoms with Gasteiger partial charge in [0, 0.05) is 18.1 Å². The molecule has 3 rings (SSSR count). The molecule has 0 aliphatic rings. The Morgan fingerprint density at radius 1 is 1.21 bits per heavy atom. The molecule has 5 nitrogen and oxygen atoms in total. The molecule has 5 heteroatoms. The van der Waals surface area contributed by atoms with E-state index in [4.69, 9.17) is 0 Å². The SMILES string of the molecule is Cc1cccc(-n2cnnc2C(C)n2cccn2)c1. The molecule has 0 aliphatic carbocycles. The van der Waals surface area contributed by atoms with Crippen LogP contribution in [0.25, 0.3) is 5.69 Å². The molecule has 1 aromatic carbocycles. The average Bonchev–Trinajstić information content (AvgIpc) is 3.09. The second kappa shape index (κ2) is 4.68. The first-order valence-corrected chi connectivity index (χ1v) is 6.22. The minimum absolute atomic E-state index is 0.0398. The van der Waals surface area contributed by atoms with Gasteiger partial charge in [0.05, 0.1) is 0 Å². The van der Waals surface area contributed by atoms with Crippen molar-refractivity contribution < 1.29 is 0 Å². The lowest BCUT2D eigenvalue weighted by molar-refractivity contribution is 0.528. The Morgan fingerprint density at radius 3 is 2.84 bits per heavy atom. The van der Waals surface area contributed by atoms with E-state index < -0.39 is 0 Å². The number of hydrogen-bond donors (Lipinski definition) is 0. The second-order valence-electron chi connectivity index (χ2n) is 4.56. The first-order chi connectivity index (χ1) is 9.25. The van der Waals surface area contributed by atoms with E-state index in [2.05, 4.69) is 47.3 Å². The topological polar surface area (TPSA) is 48.5 Å². The monoisotopic (exact) mass is 253 g/mol. The van der Waals surface area contributed by atoms with Gasteiger partial charge in [-0.05, 0) is 37.6 Å². The molecule has 3 aromatic rings. The molecule has 1 atom stereocenters. The summed E-state index contributed by atoms with van der Waals surface area (Å²) in [5, 5.41) is 12.5. The predicted molar refractivity (Wildman–Crippen MR) is 72.1 cm³/mol. The number of benzene rings is 1. The quantitative estimate of drug-likeness (QED) is 0.720. The highest BCUT2D eigenvalue weighted by atomic mass is 15.3. The third-order valence-electron chi connectivity index (χ3n) is 3.15. The van der Waals surface area contributed by atoms with Crippen molar-refractivity contribution in [2.75, 3.05) is 0 Å². The zero-order valence-corrected chi connectivity index (χ0v) is 10.9. The first kappa shape index (κ1) is 11.6. The van der Waals surface area contributed by atoms with Gasteiger partial charge in [-0.1, -0.05) is 12.1 Å². The van der Waals surface area contributed by atoms with E-state index >= 15 is 0 Å². The van der Waals surface area contributed by atoms with Crippen LogP contribution in [-0.2, 0) is 0 Å². The molecule has 1 unspecified atom stereocenters. The van der Waals surface area contributed by atoms with Gasteiger partial charge >= 0.3 is 0 Å². The lowest BCUT2D eigenvalue weighted by atomic mass is 10.2. The summed E-state index contributed by atoms with van der Waals surface area (Å²) in [7, 11) is 0. The summed E-state index contributed by atoms with van der Waals surface area (Å²) in [5.41, 5.74) is 2.28. The van der Waals surface area contributed by atoms with Gasteiger partial charge in [0.1, 0.15) is 12.4 Å². The van der Waals surface area contributed by atoms with Crippen LogP contribution in [0.3, 0.4) is 0 Å². The zero-order chi connectivity index (χ0) is 13.2. The molecule has 0 amide bonds. The Kier molecular flexibility index (Phi) is 2.87. The van der Waals surface area contributed by atoms with Crippen LogP contribution in [0.1, 0.15) is 24.4 Å². The fourth-order valence-electron chi connectivity index (χ4n) is 2.13. The van der Waals surface area contributed by atoms with Crippen LogP contribution in [0.2, 0.25) is 0 Å². The maximum absolute atomic E-state index is 4.26. The predicted octanol–water partition coefficient (Wildman–Crippen LogP) is 2.38. The fourth-order valence-corrected chi connectivity index (χ4v) is 2.13. The van der Waals surface area contributed by atoms with Crippen LogP contribution in [-0.4, -0.2) is 24.5 Å². The van der Waals surface area contributed by atoms with E-state index in [1.54, 1.807) is 12.5 Å². The highest BCUT2D eigenvalue weighted by Gasteiger charge is 2.16. The first-order valence-electron chi connectivity index (χ1n) is 6.22. The summed E-state index contributed by atoms with van der Waals surface area (Å²) in [5.74, 6) is 0.870. The van der Waals surface area contributed by atoms with E-state index in [1.807, 2.05) is 27.6 Å². The molecule has 2 aromatic heterocycles. The average molecular weight is 253 g/mol. The molecule has 19 heavy (non-hydrogen) atoms. The standard InChI is InChI=1S/C14H15N5/c1-11-5-3-6-13(9-11)18-10-15-17-14(18)12(2)19-8-4-7-16-19/h3-10,12H,1-2H3. The van der Waals surface area contributed by atoms with Gasteiger partial charge in [-0.25, -0.2) is 0 Å². The highest BCUT2D eigenvalue weighted by molar-refractivity contribution is 5.36. The molecule has 0 bridgehead atoms. The van der Waals surface area contributed by atoms with Crippen molar-refractivity contribution in [1.29, 1.82) is 0 Å². The molecule has 96 valence electrons. The van der Waals surface area contributed by atoms with Gasteiger partial charge in [-0.2, -0.15) is 5.10 Å². The molecule has 0 spiro atoms. The molecule has 0 N–H and O–H groups in total. The van der Waals surface area contributed by atoms with E-state index in [-0.39, 0.29) is 6.04 Å². The number of aryl methyl sites for hydroxylation is 1. The third-order valence-corrected chi connectivity index (χ3v) is 3.15. The van der Waals surface area contributed by atoms with Crippen LogP contribution in [0.5, 0.6) is 0 Å². The van der Waals surface area contributed by atoms with Crippen molar-refractivity contribution in [2.24, 2.45) is 0 Å². The van der Waals surface area contributed by atoms with Gasteiger partial charge in [0.2, 0.25) is 0 Å². The van der Waals surface area contributed by atoms with E-state index in [9.17, 15) is 0 Å². The second-order valence-corrected chi connectivity index (χ2v) is 4.56. The molecule has 0 saturated carbocycles. The van der Waals surface area contributed by atoms with Crippen LogP contribution in [0.4, 0.5) is 0 Å². The van der Waals surface area contributed by atoms with Crippen LogP contribution in [0.15, 0.2) is 49.1 Å². The molecular formula is C14H15N5. The summed E-state index contributed by atoms with van der Waals surface area (Å²) in [6, 6.07) is 10.2. The Hall–Kier alpha value is -2.43. The smallest absolute Gasteiger partial charge is 0.162 e. The summed E-state index contributed by atoms with van der Waals surface area (Å²) in [6.07, 6.45) is 5.44. The lowest BCUT2D eigenvalue weighted by Crippen LogP contribution is -2.13. The minimum atomic E-state index is 0.0398. The van der Waals surface area contributed by atoms with Crippen molar-refractivity contribution in [1.82, 2.24) is 24.5 Å². The van der Waals surface area contributed by atoms with E-state index in [1.165, 1.54) is 5.56 Å². The molecule has 0 fully saturated rings. The van der Waals surface area contributed by atoms with E-state index in [0.29, 0.717) is 0 Å². The normalized spacial score (nSPS) is 12.5. The van der Waals surface area contributed by atoms with Crippen molar-refractivity contribution in [3.8, 4) is 5.69 Å². The summed E-state index contributed by atoms with van der Waals surface area (Å²) >= 11 is 0. The number of rotatable bonds is 3. The third kappa shape index (κ3) is 2.14. The van der Waals surface area contributed by atoms with Crippen molar-refractivity contribution in [3.63, 3.8) is 0 Å². The summed E-state index contributed by atoms with van der Waals surface area (Å²) < 4.78 is 3.87. The Balaban J connectivity index is 2.03. The lowest BCUT2D eigenvalue weighted by Gasteiger charge is -2.13. The Labute approximate surface area is 111 Å². The molecule has 0 aliphatic heterocycles. The zero-order valence-electron chi connectivity index (χ0n) is 10.9. The Morgan fingerprint density at radius 2 is 2.11 bits per heavy atom. The summed E-state index contributed by atoms with van der Waals surface area (Å²) in [6.45, 7) is 4.13. The fraction of sp³-hybridized carbons (Fsp3) is 0.214. The minimum Gasteiger partial charge on any atom is -0.284 e. The van der Waals surface area contributed by atoms with Crippen molar-refractivity contribution >= 4 is 0 Å². The van der Waals surface area contributed by atoms with E-state index in [0.717, 1.165) is 11.5 Å². The number of aromatic nitrogens is 5. The molecule has 2 heterocycles. The maximum atomic E-state index is 4.26. The molecule has 0 radical (unpaired) electrons. The van der Waals surface area contributed by atoms with Crippen LogP contribution >= 0.6 is 0 Å². The molecular weight excluding hydrogens is 238 g/mol. The number of hydrogen-bond acceptors (Lipinski definition) is 3. The van der Waals surface area contributed by atoms with Gasteiger partial charge in [0.15, 0.2) is 5.82 Å². The van der Waals surface area contributed by atoms with Gasteiger partial charge in [-0.15, -0.1) is 10.2 Å². The maximum Gasteiger partial charge on any atom is 0.162 e. The van der Waals surface area contributed by atoms with Gasteiger partial charge in [-0.3, -0.25) is 9.25 Å². The van der Waals surface area contributed by atoms with Crippen molar-refractivity contribution in [2.45, 2.75) is 19.9 Å². The largest absolute Gasteiger partial charge is 0.284 e. The molecule has 0 saturated heterocycles. The van der Waals surface area contributed by atoms with Crippen molar-refractivity contribution in [3.05, 3.63) is 60.4 Å². The van der Waals surface area contributed by atoms with Gasteiger partial charge < -0.3 is 0 Å². The van der Waals surface area contributed by atoms with Crippen LogP contribution in [0, 0.1) is 6.92 Å². The summed E-state index contributed by atoms with van der Waals surface area (Å²) in [4.78, 5) is 0. The van der Waals surface area contributed by atoms with Gasteiger partial charge in [0.25, 0.3) is 0 Å².